The van der Waals surface area contributed by atoms with Crippen LogP contribution in [-0.4, -0.2) is 60.1 Å². The molecule has 0 saturated carbocycles. The first-order valence-corrected chi connectivity index (χ1v) is 12.4. The SMILES string of the molecule is O=C(Nc1ccc([C@@H]2OC(=O)N(Cc3ccc(F)cc3)[C@H]2C(=O)N2CCOCC2)cc1)c1cccs1. The molecule has 1 aromatic heterocycles. The molecule has 0 aliphatic carbocycles. The average molecular weight is 510 g/mol. The van der Waals surface area contributed by atoms with Crippen molar-refractivity contribution in [3.63, 3.8) is 0 Å². The summed E-state index contributed by atoms with van der Waals surface area (Å²) in [6.07, 6.45) is -1.46. The van der Waals surface area contributed by atoms with Gasteiger partial charge in [0.15, 0.2) is 12.1 Å². The van der Waals surface area contributed by atoms with Crippen LogP contribution in [0.25, 0.3) is 0 Å². The zero-order valence-corrected chi connectivity index (χ0v) is 20.1. The maximum Gasteiger partial charge on any atom is 0.411 e. The van der Waals surface area contributed by atoms with Crippen LogP contribution in [0.1, 0.15) is 26.9 Å². The number of carbonyl (C=O) groups excluding carboxylic acids is 3. The van der Waals surface area contributed by atoms with Gasteiger partial charge in [-0.15, -0.1) is 11.3 Å². The number of cyclic esters (lactones) is 1. The van der Waals surface area contributed by atoms with Gasteiger partial charge in [0.1, 0.15) is 5.82 Å². The summed E-state index contributed by atoms with van der Waals surface area (Å²) in [5.74, 6) is -0.824. The van der Waals surface area contributed by atoms with Gasteiger partial charge in [-0.1, -0.05) is 30.3 Å². The van der Waals surface area contributed by atoms with Crippen molar-refractivity contribution in [2.75, 3.05) is 31.6 Å². The Balaban J connectivity index is 1.39. The van der Waals surface area contributed by atoms with Crippen molar-refractivity contribution < 1.29 is 28.2 Å². The molecule has 2 atom stereocenters. The molecular weight excluding hydrogens is 485 g/mol. The van der Waals surface area contributed by atoms with Gasteiger partial charge in [0.05, 0.1) is 24.6 Å². The Morgan fingerprint density at radius 3 is 2.42 bits per heavy atom. The van der Waals surface area contributed by atoms with Gasteiger partial charge < -0.3 is 19.7 Å². The Hall–Kier alpha value is -3.76. The smallest absolute Gasteiger partial charge is 0.411 e. The number of carbonyl (C=O) groups is 3. The number of thiophene rings is 1. The number of hydrogen-bond donors (Lipinski definition) is 1. The standard InChI is InChI=1S/C26H24FN3O5S/c27-19-7-3-17(4-8-19)16-30-22(25(32)29-11-13-34-14-12-29)23(35-26(30)33)18-5-9-20(10-6-18)28-24(31)21-2-1-15-36-21/h1-10,15,22-23H,11-14,16H2,(H,28,31)/t22-,23+/m1/s1. The van der Waals surface area contributed by atoms with E-state index in [9.17, 15) is 18.8 Å². The maximum absolute atomic E-state index is 13.6. The molecule has 10 heteroatoms. The monoisotopic (exact) mass is 509 g/mol. The number of benzene rings is 2. The molecule has 1 N–H and O–H groups in total. The zero-order chi connectivity index (χ0) is 25.1. The van der Waals surface area contributed by atoms with Crippen LogP contribution in [0, 0.1) is 5.82 Å². The van der Waals surface area contributed by atoms with Gasteiger partial charge in [-0.05, 0) is 46.8 Å². The number of anilines is 1. The summed E-state index contributed by atoms with van der Waals surface area (Å²) in [4.78, 5) is 42.6. The Morgan fingerprint density at radius 2 is 1.75 bits per heavy atom. The summed E-state index contributed by atoms with van der Waals surface area (Å²) < 4.78 is 24.5. The van der Waals surface area contributed by atoms with Crippen molar-refractivity contribution in [1.29, 1.82) is 0 Å². The lowest BCUT2D eigenvalue weighted by Gasteiger charge is -2.32. The van der Waals surface area contributed by atoms with E-state index in [2.05, 4.69) is 5.32 Å². The van der Waals surface area contributed by atoms with Gasteiger partial charge in [-0.3, -0.25) is 14.5 Å². The van der Waals surface area contributed by atoms with Gasteiger partial charge in [-0.25, -0.2) is 9.18 Å². The van der Waals surface area contributed by atoms with Crippen LogP contribution >= 0.6 is 11.3 Å². The van der Waals surface area contributed by atoms with Crippen LogP contribution in [-0.2, 0) is 20.8 Å². The van der Waals surface area contributed by atoms with E-state index in [-0.39, 0.29) is 24.2 Å². The van der Waals surface area contributed by atoms with Crippen LogP contribution in [0.3, 0.4) is 0 Å². The third-order valence-electron chi connectivity index (χ3n) is 6.17. The van der Waals surface area contributed by atoms with Crippen molar-refractivity contribution in [3.05, 3.63) is 87.9 Å². The van der Waals surface area contributed by atoms with Crippen molar-refractivity contribution in [3.8, 4) is 0 Å². The molecular formula is C26H24FN3O5S. The molecule has 8 nitrogen and oxygen atoms in total. The topological polar surface area (TPSA) is 88.2 Å². The first-order valence-electron chi connectivity index (χ1n) is 11.5. The second kappa shape index (κ2) is 10.5. The Labute approximate surface area is 211 Å². The first-order chi connectivity index (χ1) is 17.5. The van der Waals surface area contributed by atoms with E-state index in [1.807, 2.05) is 5.38 Å². The molecule has 2 aliphatic heterocycles. The normalized spacial score (nSPS) is 19.8. The highest BCUT2D eigenvalue weighted by atomic mass is 32.1. The number of halogens is 1. The van der Waals surface area contributed by atoms with E-state index in [1.54, 1.807) is 53.4 Å². The lowest BCUT2D eigenvalue weighted by molar-refractivity contribution is -0.141. The third-order valence-corrected chi connectivity index (χ3v) is 7.04. The second-order valence-corrected chi connectivity index (χ2v) is 9.44. The van der Waals surface area contributed by atoms with E-state index >= 15 is 0 Å². The van der Waals surface area contributed by atoms with E-state index in [1.165, 1.54) is 28.4 Å². The molecule has 0 spiro atoms. The number of morpholine rings is 1. The van der Waals surface area contributed by atoms with Crippen molar-refractivity contribution in [2.45, 2.75) is 18.7 Å². The highest BCUT2D eigenvalue weighted by Gasteiger charge is 2.48. The summed E-state index contributed by atoms with van der Waals surface area (Å²) in [5.41, 5.74) is 1.90. The molecule has 2 saturated heterocycles. The number of ether oxygens (including phenoxy) is 2. The number of rotatable bonds is 6. The number of hydrogen-bond acceptors (Lipinski definition) is 6. The molecule has 0 radical (unpaired) electrons. The van der Waals surface area contributed by atoms with Crippen molar-refractivity contribution >= 4 is 34.9 Å². The van der Waals surface area contributed by atoms with Gasteiger partial charge >= 0.3 is 6.09 Å². The van der Waals surface area contributed by atoms with Gasteiger partial charge in [0, 0.05) is 18.8 Å². The molecule has 3 amide bonds. The first kappa shape index (κ1) is 24.0. The minimum Gasteiger partial charge on any atom is -0.438 e. The molecule has 36 heavy (non-hydrogen) atoms. The summed E-state index contributed by atoms with van der Waals surface area (Å²) in [5, 5.41) is 4.67. The summed E-state index contributed by atoms with van der Waals surface area (Å²) in [6, 6.07) is 15.4. The second-order valence-electron chi connectivity index (χ2n) is 8.49. The van der Waals surface area contributed by atoms with Crippen molar-refractivity contribution in [2.24, 2.45) is 0 Å². The predicted octanol–water partition coefficient (Wildman–Crippen LogP) is 4.06. The van der Waals surface area contributed by atoms with Gasteiger partial charge in [0.2, 0.25) is 5.91 Å². The number of nitrogens with one attached hydrogen (secondary N) is 1. The van der Waals surface area contributed by atoms with E-state index in [4.69, 9.17) is 9.47 Å². The van der Waals surface area contributed by atoms with E-state index in [0.717, 1.165) is 0 Å². The highest BCUT2D eigenvalue weighted by Crippen LogP contribution is 2.35. The van der Waals surface area contributed by atoms with Crippen LogP contribution in [0.5, 0.6) is 0 Å². The van der Waals surface area contributed by atoms with Crippen molar-refractivity contribution in [1.82, 2.24) is 9.80 Å². The minimum absolute atomic E-state index is 0.102. The minimum atomic E-state index is -0.896. The lowest BCUT2D eigenvalue weighted by atomic mass is 9.99. The van der Waals surface area contributed by atoms with Crippen LogP contribution in [0.2, 0.25) is 0 Å². The van der Waals surface area contributed by atoms with Crippen LogP contribution in [0.4, 0.5) is 14.9 Å². The Kier molecular flexibility index (Phi) is 6.97. The Morgan fingerprint density at radius 1 is 1.03 bits per heavy atom. The Bertz CT molecular complexity index is 1230. The summed E-state index contributed by atoms with van der Waals surface area (Å²) in [6.45, 7) is 1.80. The van der Waals surface area contributed by atoms with Gasteiger partial charge in [-0.2, -0.15) is 0 Å². The summed E-state index contributed by atoms with van der Waals surface area (Å²) in [7, 11) is 0. The molecule has 3 heterocycles. The average Bonchev–Trinajstić information content (AvgIpc) is 3.55. The van der Waals surface area contributed by atoms with Crippen LogP contribution < -0.4 is 5.32 Å². The largest absolute Gasteiger partial charge is 0.438 e. The molecule has 2 aliphatic rings. The van der Waals surface area contributed by atoms with Gasteiger partial charge in [0.25, 0.3) is 5.91 Å². The zero-order valence-electron chi connectivity index (χ0n) is 19.3. The molecule has 0 bridgehead atoms. The third kappa shape index (κ3) is 5.09. The highest BCUT2D eigenvalue weighted by molar-refractivity contribution is 7.12. The van der Waals surface area contributed by atoms with Crippen LogP contribution in [0.15, 0.2) is 66.0 Å². The summed E-state index contributed by atoms with van der Waals surface area (Å²) >= 11 is 1.35. The van der Waals surface area contributed by atoms with E-state index in [0.29, 0.717) is 48.0 Å². The molecule has 2 aromatic carbocycles. The fourth-order valence-corrected chi connectivity index (χ4v) is 4.93. The predicted molar refractivity (Wildman–Crippen MR) is 131 cm³/mol. The maximum atomic E-state index is 13.6. The molecule has 2 fully saturated rings. The molecule has 3 aromatic rings. The van der Waals surface area contributed by atoms with E-state index < -0.39 is 18.2 Å². The number of nitrogens with zero attached hydrogens (tertiary/aromatic N) is 2. The number of amides is 3. The quantitative estimate of drug-likeness (QED) is 0.542. The fourth-order valence-electron chi connectivity index (χ4n) is 4.31. The molecule has 186 valence electrons. The molecule has 0 unspecified atom stereocenters. The molecule has 5 rings (SSSR count). The fraction of sp³-hybridized carbons (Fsp3) is 0.269. The lowest BCUT2D eigenvalue weighted by Crippen LogP contribution is -2.51.